The molecule has 5 rings (SSSR count). The first-order valence-electron chi connectivity index (χ1n) is 10.5. The second-order valence-electron chi connectivity index (χ2n) is 7.79. The molecular weight excluding hydrogens is 401 g/mol. The number of benzene rings is 1. The minimum absolute atomic E-state index is 0.0965. The zero-order valence-electron chi connectivity index (χ0n) is 17.1. The third-order valence-electron chi connectivity index (χ3n) is 5.87. The van der Waals surface area contributed by atoms with E-state index in [0.29, 0.717) is 63.5 Å². The summed E-state index contributed by atoms with van der Waals surface area (Å²) in [5.74, 6) is 0.0660. The summed E-state index contributed by atoms with van der Waals surface area (Å²) in [6.07, 6.45) is 6.93. The number of aromatic nitrogens is 3. The molecular formula is C22H24FN5O3. The van der Waals surface area contributed by atoms with Crippen LogP contribution in [0.4, 0.5) is 10.2 Å². The van der Waals surface area contributed by atoms with Crippen LogP contribution in [0.25, 0.3) is 16.9 Å². The molecule has 1 amide bonds. The van der Waals surface area contributed by atoms with Crippen molar-refractivity contribution in [1.82, 2.24) is 19.3 Å². The molecule has 162 valence electrons. The Hall–Kier alpha value is -3.04. The lowest BCUT2D eigenvalue weighted by Crippen LogP contribution is -2.47. The summed E-state index contributed by atoms with van der Waals surface area (Å²) in [7, 11) is 0. The second-order valence-corrected chi connectivity index (χ2v) is 7.79. The number of nitrogens with one attached hydrogen (secondary N) is 1. The lowest BCUT2D eigenvalue weighted by molar-refractivity contribution is -0.187. The van der Waals surface area contributed by atoms with Gasteiger partial charge in [-0.3, -0.25) is 14.2 Å². The molecule has 1 N–H and O–H groups in total. The zero-order valence-corrected chi connectivity index (χ0v) is 17.1. The van der Waals surface area contributed by atoms with E-state index in [2.05, 4.69) is 15.3 Å². The predicted octanol–water partition coefficient (Wildman–Crippen LogP) is 2.70. The van der Waals surface area contributed by atoms with E-state index in [-0.39, 0.29) is 11.7 Å². The molecule has 0 aliphatic carbocycles. The molecule has 31 heavy (non-hydrogen) atoms. The summed E-state index contributed by atoms with van der Waals surface area (Å²) in [5, 5.41) is 3.35. The molecule has 0 radical (unpaired) electrons. The first-order chi connectivity index (χ1) is 15.1. The number of hydrogen-bond donors (Lipinski definition) is 1. The molecule has 0 atom stereocenters. The SMILES string of the molecule is O=C(CCNc1c(-c2ccc(F)cc2)nc2cnccn12)N1CCC2(CC1)OCCO2. The minimum atomic E-state index is -0.483. The number of amides is 1. The van der Waals surface area contributed by atoms with E-state index in [1.165, 1.54) is 12.1 Å². The molecule has 3 aromatic rings. The molecule has 1 aromatic carbocycles. The Bertz CT molecular complexity index is 1070. The van der Waals surface area contributed by atoms with Crippen molar-refractivity contribution < 1.29 is 18.7 Å². The van der Waals surface area contributed by atoms with Gasteiger partial charge in [0.05, 0.1) is 19.4 Å². The lowest BCUT2D eigenvalue weighted by Gasteiger charge is -2.37. The Morgan fingerprint density at radius 3 is 2.65 bits per heavy atom. The van der Waals surface area contributed by atoms with Gasteiger partial charge in [-0.25, -0.2) is 9.37 Å². The Morgan fingerprint density at radius 2 is 1.90 bits per heavy atom. The predicted molar refractivity (Wildman–Crippen MR) is 112 cm³/mol. The first kappa shape index (κ1) is 19.9. The lowest BCUT2D eigenvalue weighted by atomic mass is 10.0. The highest BCUT2D eigenvalue weighted by atomic mass is 19.1. The Kier molecular flexibility index (Phi) is 5.29. The van der Waals surface area contributed by atoms with Crippen LogP contribution in [0.5, 0.6) is 0 Å². The van der Waals surface area contributed by atoms with E-state index in [0.717, 1.165) is 11.4 Å². The highest BCUT2D eigenvalue weighted by Crippen LogP contribution is 2.32. The summed E-state index contributed by atoms with van der Waals surface area (Å²) >= 11 is 0. The maximum Gasteiger partial charge on any atom is 0.224 e. The number of nitrogens with zero attached hydrogens (tertiary/aromatic N) is 4. The van der Waals surface area contributed by atoms with Crippen LogP contribution in [0.15, 0.2) is 42.9 Å². The molecule has 2 aliphatic heterocycles. The van der Waals surface area contributed by atoms with Gasteiger partial charge in [0.15, 0.2) is 11.4 Å². The van der Waals surface area contributed by atoms with Crippen molar-refractivity contribution in [3.63, 3.8) is 0 Å². The monoisotopic (exact) mass is 425 g/mol. The summed E-state index contributed by atoms with van der Waals surface area (Å²) < 4.78 is 26.7. The Balaban J connectivity index is 1.26. The maximum atomic E-state index is 13.4. The Morgan fingerprint density at radius 1 is 1.16 bits per heavy atom. The molecule has 4 heterocycles. The summed E-state index contributed by atoms with van der Waals surface area (Å²) in [6.45, 7) is 2.99. The van der Waals surface area contributed by atoms with Crippen LogP contribution in [0.1, 0.15) is 19.3 Å². The molecule has 2 aromatic heterocycles. The number of anilines is 1. The molecule has 1 spiro atoms. The zero-order chi connectivity index (χ0) is 21.3. The van der Waals surface area contributed by atoms with Gasteiger partial charge in [0.25, 0.3) is 0 Å². The third-order valence-corrected chi connectivity index (χ3v) is 5.87. The van der Waals surface area contributed by atoms with Crippen molar-refractivity contribution in [3.8, 4) is 11.3 Å². The number of carbonyl (C=O) groups excluding carboxylic acids is 1. The van der Waals surface area contributed by atoms with Gasteiger partial charge in [0, 0.05) is 56.9 Å². The van der Waals surface area contributed by atoms with Crippen LogP contribution in [0.3, 0.4) is 0 Å². The van der Waals surface area contributed by atoms with Crippen molar-refractivity contribution >= 4 is 17.4 Å². The van der Waals surface area contributed by atoms with Crippen molar-refractivity contribution in [1.29, 1.82) is 0 Å². The normalized spacial score (nSPS) is 18.0. The average molecular weight is 425 g/mol. The number of halogens is 1. The fourth-order valence-corrected chi connectivity index (χ4v) is 4.21. The molecule has 0 unspecified atom stereocenters. The molecule has 2 fully saturated rings. The fourth-order valence-electron chi connectivity index (χ4n) is 4.21. The number of ether oxygens (including phenoxy) is 2. The van der Waals surface area contributed by atoms with Gasteiger partial charge < -0.3 is 19.7 Å². The van der Waals surface area contributed by atoms with Crippen LogP contribution < -0.4 is 5.32 Å². The van der Waals surface area contributed by atoms with Crippen LogP contribution in [0.2, 0.25) is 0 Å². The minimum Gasteiger partial charge on any atom is -0.369 e. The average Bonchev–Trinajstić information content (AvgIpc) is 3.40. The molecule has 9 heteroatoms. The number of fused-ring (bicyclic) bond motifs is 1. The Labute approximate surface area is 179 Å². The van der Waals surface area contributed by atoms with Gasteiger partial charge in [-0.05, 0) is 24.3 Å². The number of piperidine rings is 1. The van der Waals surface area contributed by atoms with Crippen LogP contribution in [-0.2, 0) is 14.3 Å². The van der Waals surface area contributed by atoms with Gasteiger partial charge in [0.1, 0.15) is 17.3 Å². The van der Waals surface area contributed by atoms with Gasteiger partial charge in [0.2, 0.25) is 5.91 Å². The standard InChI is InChI=1S/C22H24FN5O3/c23-17-3-1-16(2-4-17)20-21(28-12-9-24-15-18(28)26-20)25-8-5-19(29)27-10-6-22(7-11-27)30-13-14-31-22/h1-4,9,12,15,25H,5-8,10-11,13-14H2. The molecule has 0 bridgehead atoms. The molecule has 2 aliphatic rings. The van der Waals surface area contributed by atoms with E-state index in [4.69, 9.17) is 9.47 Å². The highest BCUT2D eigenvalue weighted by Gasteiger charge is 2.40. The van der Waals surface area contributed by atoms with E-state index in [1.54, 1.807) is 24.5 Å². The summed E-state index contributed by atoms with van der Waals surface area (Å²) in [4.78, 5) is 23.3. The smallest absolute Gasteiger partial charge is 0.224 e. The number of rotatable bonds is 5. The van der Waals surface area contributed by atoms with Crippen LogP contribution in [-0.4, -0.2) is 63.8 Å². The number of imidazole rings is 1. The molecule has 2 saturated heterocycles. The van der Waals surface area contributed by atoms with Crippen molar-refractivity contribution in [3.05, 3.63) is 48.7 Å². The summed E-state index contributed by atoms with van der Waals surface area (Å²) in [5.41, 5.74) is 2.15. The van der Waals surface area contributed by atoms with Crippen LogP contribution in [0, 0.1) is 5.82 Å². The van der Waals surface area contributed by atoms with E-state index < -0.39 is 5.79 Å². The van der Waals surface area contributed by atoms with E-state index in [9.17, 15) is 9.18 Å². The molecule has 0 saturated carbocycles. The van der Waals surface area contributed by atoms with Crippen LogP contribution >= 0.6 is 0 Å². The largest absolute Gasteiger partial charge is 0.369 e. The van der Waals surface area contributed by atoms with Crippen molar-refractivity contribution in [2.45, 2.75) is 25.0 Å². The first-order valence-corrected chi connectivity index (χ1v) is 10.5. The van der Waals surface area contributed by atoms with E-state index >= 15 is 0 Å². The number of carbonyl (C=O) groups is 1. The van der Waals surface area contributed by atoms with E-state index in [1.807, 2.05) is 15.5 Å². The van der Waals surface area contributed by atoms with Crippen molar-refractivity contribution in [2.24, 2.45) is 0 Å². The van der Waals surface area contributed by atoms with Crippen molar-refractivity contribution in [2.75, 3.05) is 38.2 Å². The third kappa shape index (κ3) is 3.98. The van der Waals surface area contributed by atoms with Gasteiger partial charge in [-0.15, -0.1) is 0 Å². The second kappa shape index (κ2) is 8.24. The quantitative estimate of drug-likeness (QED) is 0.677. The highest BCUT2D eigenvalue weighted by molar-refractivity contribution is 5.79. The number of hydrogen-bond acceptors (Lipinski definition) is 6. The topological polar surface area (TPSA) is 81.0 Å². The number of likely N-dealkylation sites (tertiary alicyclic amines) is 1. The van der Waals surface area contributed by atoms with Gasteiger partial charge in [-0.1, -0.05) is 0 Å². The summed E-state index contributed by atoms with van der Waals surface area (Å²) in [6, 6.07) is 6.20. The fraction of sp³-hybridized carbons (Fsp3) is 0.409. The van der Waals surface area contributed by atoms with Gasteiger partial charge in [-0.2, -0.15) is 0 Å². The molecule has 8 nitrogen and oxygen atoms in total. The maximum absolute atomic E-state index is 13.4. The van der Waals surface area contributed by atoms with Gasteiger partial charge >= 0.3 is 0 Å².